The first-order chi connectivity index (χ1) is 19.4. The zero-order valence-corrected chi connectivity index (χ0v) is 23.6. The maximum absolute atomic E-state index is 12.7. The minimum atomic E-state index is -1.48. The minimum Gasteiger partial charge on any atom is -0.497 e. The normalized spacial score (nSPS) is 22.0. The van der Waals surface area contributed by atoms with Gasteiger partial charge in [-0.25, -0.2) is 4.68 Å². The largest absolute Gasteiger partial charge is 0.497 e. The van der Waals surface area contributed by atoms with Crippen LogP contribution in [0.15, 0.2) is 40.4 Å². The van der Waals surface area contributed by atoms with E-state index >= 15 is 0 Å². The topological polar surface area (TPSA) is 176 Å². The summed E-state index contributed by atoms with van der Waals surface area (Å²) in [5.41, 5.74) is -0.0793. The molecule has 1 saturated heterocycles. The van der Waals surface area contributed by atoms with E-state index in [-0.39, 0.29) is 4.77 Å². The summed E-state index contributed by atoms with van der Waals surface area (Å²) < 4.78 is 34.1. The van der Waals surface area contributed by atoms with Gasteiger partial charge in [-0.15, -0.1) is 0 Å². The van der Waals surface area contributed by atoms with Gasteiger partial charge in [-0.2, -0.15) is 14.9 Å². The second-order valence-electron chi connectivity index (χ2n) is 8.63. The van der Waals surface area contributed by atoms with Crippen LogP contribution in [0.2, 0.25) is 0 Å². The van der Waals surface area contributed by atoms with E-state index in [1.54, 1.807) is 24.3 Å². The van der Waals surface area contributed by atoms with Crippen LogP contribution in [0.1, 0.15) is 39.5 Å². The molecule has 5 atom stereocenters. The first kappa shape index (κ1) is 31.1. The first-order valence-corrected chi connectivity index (χ1v) is 12.5. The van der Waals surface area contributed by atoms with E-state index in [2.05, 4.69) is 10.2 Å². The Morgan fingerprint density at radius 2 is 1.54 bits per heavy atom. The van der Waals surface area contributed by atoms with Crippen LogP contribution in [-0.4, -0.2) is 82.7 Å². The van der Waals surface area contributed by atoms with Gasteiger partial charge in [-0.1, -0.05) is 0 Å². The smallest absolute Gasteiger partial charge is 0.303 e. The van der Waals surface area contributed by atoms with Crippen LogP contribution >= 0.6 is 12.2 Å². The summed E-state index contributed by atoms with van der Waals surface area (Å²) in [6, 6.07) is 6.79. The third kappa shape index (κ3) is 8.04. The molecule has 15 nitrogen and oxygen atoms in total. The number of ether oxygens (including phenoxy) is 6. The van der Waals surface area contributed by atoms with Gasteiger partial charge in [0.1, 0.15) is 24.7 Å². The molecule has 3 rings (SSSR count). The lowest BCUT2D eigenvalue weighted by Crippen LogP contribution is -2.61. The fraction of sp³-hybridized carbons (Fsp3) is 0.440. The van der Waals surface area contributed by atoms with E-state index in [9.17, 15) is 24.0 Å². The Hall–Kier alpha value is -4.44. The summed E-state index contributed by atoms with van der Waals surface area (Å²) in [4.78, 5) is 60.3. The quantitative estimate of drug-likeness (QED) is 0.174. The second-order valence-corrected chi connectivity index (χ2v) is 8.99. The Bertz CT molecular complexity index is 1440. The highest BCUT2D eigenvalue weighted by Crippen LogP contribution is 2.34. The molecular weight excluding hydrogens is 564 g/mol. The molecular formula is C25H28N4O11S. The average Bonchev–Trinajstić information content (AvgIpc) is 2.89. The van der Waals surface area contributed by atoms with Crippen molar-refractivity contribution in [3.8, 4) is 5.75 Å². The monoisotopic (exact) mass is 592 g/mol. The lowest BCUT2D eigenvalue weighted by Gasteiger charge is -2.44. The van der Waals surface area contributed by atoms with E-state index in [0.717, 1.165) is 43.2 Å². The number of hydrogen-bond acceptors (Lipinski definition) is 14. The third-order valence-corrected chi connectivity index (χ3v) is 5.88. The van der Waals surface area contributed by atoms with Gasteiger partial charge in [0, 0.05) is 27.7 Å². The Balaban J connectivity index is 2.12. The van der Waals surface area contributed by atoms with Gasteiger partial charge in [0.25, 0.3) is 5.56 Å². The molecule has 0 saturated carbocycles. The van der Waals surface area contributed by atoms with Crippen LogP contribution < -0.4 is 10.3 Å². The maximum Gasteiger partial charge on any atom is 0.303 e. The van der Waals surface area contributed by atoms with E-state index < -0.39 is 66.7 Å². The van der Waals surface area contributed by atoms with Gasteiger partial charge in [0.2, 0.25) is 4.77 Å². The van der Waals surface area contributed by atoms with Gasteiger partial charge in [-0.05, 0) is 42.0 Å². The van der Waals surface area contributed by atoms with Crippen LogP contribution in [0.3, 0.4) is 0 Å². The zero-order valence-electron chi connectivity index (χ0n) is 22.7. The molecule has 0 aliphatic carbocycles. The van der Waals surface area contributed by atoms with Crippen molar-refractivity contribution in [2.75, 3.05) is 13.7 Å². The Morgan fingerprint density at radius 1 is 0.951 bits per heavy atom. The Labute approximate surface area is 238 Å². The summed E-state index contributed by atoms with van der Waals surface area (Å²) in [6.07, 6.45) is -4.73. The highest BCUT2D eigenvalue weighted by Gasteiger charge is 2.53. The lowest BCUT2D eigenvalue weighted by molar-refractivity contribution is -0.271. The number of aromatic nitrogens is 3. The van der Waals surface area contributed by atoms with Gasteiger partial charge in [0.15, 0.2) is 24.5 Å². The van der Waals surface area contributed by atoms with Crippen molar-refractivity contribution in [1.82, 2.24) is 14.5 Å². The number of benzene rings is 1. The zero-order chi connectivity index (χ0) is 30.3. The number of carbonyl (C=O) groups excluding carboxylic acids is 4. The molecule has 1 aliphatic heterocycles. The molecule has 0 spiro atoms. The van der Waals surface area contributed by atoms with Gasteiger partial charge >= 0.3 is 23.9 Å². The predicted molar refractivity (Wildman–Crippen MR) is 141 cm³/mol. The minimum absolute atomic E-state index is 0.289. The molecule has 2 aromatic rings. The summed E-state index contributed by atoms with van der Waals surface area (Å²) in [5.74, 6) is -2.44. The van der Waals surface area contributed by atoms with Crippen LogP contribution in [0.4, 0.5) is 0 Å². The van der Waals surface area contributed by atoms with Crippen molar-refractivity contribution in [2.24, 2.45) is 5.10 Å². The highest BCUT2D eigenvalue weighted by atomic mass is 32.1. The van der Waals surface area contributed by atoms with Crippen LogP contribution in [-0.2, 0) is 42.9 Å². The molecule has 0 bridgehead atoms. The summed E-state index contributed by atoms with van der Waals surface area (Å²) in [5, 5.41) is 8.20. The number of methoxy groups -OCH3 is 1. The molecule has 0 N–H and O–H groups in total. The number of hydrogen-bond donors (Lipinski definition) is 0. The molecule has 16 heteroatoms. The van der Waals surface area contributed by atoms with Crippen molar-refractivity contribution in [1.29, 1.82) is 0 Å². The second kappa shape index (κ2) is 13.8. The molecule has 1 aliphatic rings. The molecule has 1 aromatic heterocycles. The fourth-order valence-electron chi connectivity index (χ4n) is 3.90. The number of rotatable bonds is 9. The molecule has 2 heterocycles. The van der Waals surface area contributed by atoms with Crippen molar-refractivity contribution in [3.05, 3.63) is 51.2 Å². The SMILES string of the molecule is COc1ccc(/C=N/n2c(=O)cnn([C@@H]3O[C@H](COC(C)=O)[C@@H](OC(C)=O)[C@H](OC(C)=O)[C@H]3OC(C)=O)c2=S)cc1. The fourth-order valence-corrected chi connectivity index (χ4v) is 4.19. The van der Waals surface area contributed by atoms with Crippen molar-refractivity contribution >= 4 is 42.3 Å². The number of nitrogens with zero attached hydrogens (tertiary/aromatic N) is 4. The molecule has 1 aromatic carbocycles. The standard InChI is InChI=1S/C25H28N4O11S/c1-13(30)36-12-19-21(37-14(2)31)22(38-15(3)32)23(39-16(4)33)24(40-19)29-25(41)28(20(34)11-27-29)26-10-17-6-8-18(35-5)9-7-17/h6-11,19,21-24H,12H2,1-5H3/b26-10+/t19-,21-,22+,23-,24-/m1/s1. The lowest BCUT2D eigenvalue weighted by atomic mass is 9.97. The Morgan fingerprint density at radius 3 is 2.10 bits per heavy atom. The molecule has 0 radical (unpaired) electrons. The van der Waals surface area contributed by atoms with E-state index in [0.29, 0.717) is 11.3 Å². The predicted octanol–water partition coefficient (Wildman–Crippen LogP) is 0.921. The molecule has 41 heavy (non-hydrogen) atoms. The van der Waals surface area contributed by atoms with E-state index in [1.165, 1.54) is 13.3 Å². The first-order valence-electron chi connectivity index (χ1n) is 12.1. The molecule has 220 valence electrons. The van der Waals surface area contributed by atoms with Crippen molar-refractivity contribution in [2.45, 2.75) is 58.3 Å². The van der Waals surface area contributed by atoms with Gasteiger partial charge < -0.3 is 28.4 Å². The van der Waals surface area contributed by atoms with Crippen LogP contribution in [0.25, 0.3) is 0 Å². The number of esters is 4. The van der Waals surface area contributed by atoms with E-state index in [1.807, 2.05) is 0 Å². The van der Waals surface area contributed by atoms with E-state index in [4.69, 9.17) is 40.6 Å². The number of carbonyl (C=O) groups is 4. The molecule has 0 unspecified atom stereocenters. The molecule has 0 amide bonds. The van der Waals surface area contributed by atoms with Gasteiger partial charge in [0.05, 0.1) is 13.3 Å². The van der Waals surface area contributed by atoms with Crippen molar-refractivity contribution < 1.29 is 47.6 Å². The summed E-state index contributed by atoms with van der Waals surface area (Å²) >= 11 is 5.48. The third-order valence-electron chi connectivity index (χ3n) is 5.52. The summed E-state index contributed by atoms with van der Waals surface area (Å²) in [7, 11) is 1.52. The Kier molecular flexibility index (Phi) is 10.4. The molecule has 1 fully saturated rings. The maximum atomic E-state index is 12.7. The average molecular weight is 593 g/mol. The highest BCUT2D eigenvalue weighted by molar-refractivity contribution is 7.71. The van der Waals surface area contributed by atoms with Crippen LogP contribution in [0.5, 0.6) is 5.75 Å². The van der Waals surface area contributed by atoms with Crippen LogP contribution in [0, 0.1) is 4.77 Å². The summed E-state index contributed by atoms with van der Waals surface area (Å²) in [6.45, 7) is 4.01. The van der Waals surface area contributed by atoms with Gasteiger partial charge in [-0.3, -0.25) is 24.0 Å². The van der Waals surface area contributed by atoms with Crippen molar-refractivity contribution in [3.63, 3.8) is 0 Å².